The number of aromatic nitrogens is 1. The second-order valence-corrected chi connectivity index (χ2v) is 12.9. The van der Waals surface area contributed by atoms with Crippen LogP contribution in [0.5, 0.6) is 5.75 Å². The van der Waals surface area contributed by atoms with Gasteiger partial charge in [0.25, 0.3) is 0 Å². The Morgan fingerprint density at radius 1 is 1.14 bits per heavy atom. The van der Waals surface area contributed by atoms with Crippen molar-refractivity contribution in [3.63, 3.8) is 0 Å². The Morgan fingerprint density at radius 2 is 1.86 bits per heavy atom. The van der Waals surface area contributed by atoms with Crippen molar-refractivity contribution in [2.75, 3.05) is 0 Å². The predicted molar refractivity (Wildman–Crippen MR) is 133 cm³/mol. The Balaban J connectivity index is 1.74. The van der Waals surface area contributed by atoms with Crippen LogP contribution in [0.1, 0.15) is 31.3 Å². The minimum atomic E-state index is -5.20. The predicted octanol–water partition coefficient (Wildman–Crippen LogP) is 4.54. The van der Waals surface area contributed by atoms with Crippen molar-refractivity contribution in [3.8, 4) is 16.9 Å². The van der Waals surface area contributed by atoms with Crippen LogP contribution < -0.4 is 4.74 Å². The average Bonchev–Trinajstić information content (AvgIpc) is 2.83. The molecule has 196 valence electrons. The largest absolute Gasteiger partial charge is 0.514 e. The number of hydrogen-bond donors (Lipinski definition) is 4. The van der Waals surface area contributed by atoms with Crippen LogP contribution in [0.4, 0.5) is 4.79 Å². The number of carbonyl (C=O) groups excluding carboxylic acids is 1. The number of hydrogen-bond acceptors (Lipinski definition) is 10. The van der Waals surface area contributed by atoms with Gasteiger partial charge in [0.05, 0.1) is 18.1 Å². The van der Waals surface area contributed by atoms with Gasteiger partial charge in [-0.25, -0.2) is 4.79 Å². The molecule has 3 unspecified atom stereocenters. The number of ether oxygens (including phenoxy) is 2. The first-order chi connectivity index (χ1) is 17.4. The number of benzene rings is 2. The van der Waals surface area contributed by atoms with E-state index in [9.17, 15) is 29.1 Å². The average molecular weight is 550 g/mol. The molecule has 0 spiro atoms. The molecular weight excluding hydrogens is 524 g/mol. The van der Waals surface area contributed by atoms with E-state index in [4.69, 9.17) is 18.5 Å². The highest BCUT2D eigenvalue weighted by molar-refractivity contribution is 7.76. The molecule has 0 aliphatic carbocycles. The molecule has 0 bridgehead atoms. The van der Waals surface area contributed by atoms with E-state index >= 15 is 0 Å². The highest BCUT2D eigenvalue weighted by atomic mass is 31.3. The summed E-state index contributed by atoms with van der Waals surface area (Å²) >= 11 is 0. The fourth-order valence-electron chi connectivity index (χ4n) is 3.65. The van der Waals surface area contributed by atoms with E-state index in [-0.39, 0.29) is 16.9 Å². The minimum absolute atomic E-state index is 0.104. The van der Waals surface area contributed by atoms with Gasteiger partial charge in [-0.2, -0.15) is 9.79 Å². The van der Waals surface area contributed by atoms with Gasteiger partial charge in [-0.15, -0.1) is 4.52 Å². The van der Waals surface area contributed by atoms with Crippen molar-refractivity contribution in [3.05, 3.63) is 84.2 Å². The number of rotatable bonds is 6. The third kappa shape index (κ3) is 5.75. The first-order valence-corrected chi connectivity index (χ1v) is 14.3. The molecule has 3 atom stereocenters. The molecule has 1 aromatic heterocycles. The fraction of sp³-hybridized carbons (Fsp3) is 0.250. The van der Waals surface area contributed by atoms with Gasteiger partial charge in [0.1, 0.15) is 5.75 Å². The molecule has 1 saturated heterocycles. The van der Waals surface area contributed by atoms with E-state index in [1.165, 1.54) is 36.7 Å². The van der Waals surface area contributed by atoms with Gasteiger partial charge in [-0.05, 0) is 48.7 Å². The van der Waals surface area contributed by atoms with Gasteiger partial charge < -0.3 is 19.5 Å². The van der Waals surface area contributed by atoms with E-state index in [1.807, 2.05) is 6.07 Å². The van der Waals surface area contributed by atoms with E-state index in [0.717, 1.165) is 5.56 Å². The number of carbonyl (C=O) groups is 1. The summed E-state index contributed by atoms with van der Waals surface area (Å²) in [7, 11) is -10.2. The second-order valence-electron chi connectivity index (χ2n) is 8.56. The normalized spacial score (nSPS) is 25.0. The van der Waals surface area contributed by atoms with Gasteiger partial charge in [-0.1, -0.05) is 42.5 Å². The first kappa shape index (κ1) is 27.3. The first-order valence-electron chi connectivity index (χ1n) is 11.2. The summed E-state index contributed by atoms with van der Waals surface area (Å²) in [5.41, 5.74) is 1.46. The van der Waals surface area contributed by atoms with Gasteiger partial charge >= 0.3 is 26.8 Å². The topological polar surface area (TPSA) is 165 Å². The Kier molecular flexibility index (Phi) is 7.80. The third-order valence-electron chi connectivity index (χ3n) is 5.46. The molecule has 1 aliphatic rings. The quantitative estimate of drug-likeness (QED) is 0.193. The maximum atomic E-state index is 13.3. The van der Waals surface area contributed by atoms with Crippen molar-refractivity contribution >= 4 is 21.7 Å². The molecule has 0 amide bonds. The molecule has 4 N–H and O–H groups in total. The van der Waals surface area contributed by atoms with Crippen molar-refractivity contribution in [1.82, 2.24) is 4.98 Å². The van der Waals surface area contributed by atoms with Crippen LogP contribution in [0.25, 0.3) is 11.1 Å². The third-order valence-corrected chi connectivity index (χ3v) is 10.1. The lowest BCUT2D eigenvalue weighted by Crippen LogP contribution is -2.40. The summed E-state index contributed by atoms with van der Waals surface area (Å²) < 4.78 is 34.2. The van der Waals surface area contributed by atoms with E-state index in [0.29, 0.717) is 5.56 Å². The molecule has 2 heterocycles. The van der Waals surface area contributed by atoms with E-state index in [2.05, 4.69) is 4.98 Å². The summed E-state index contributed by atoms with van der Waals surface area (Å²) in [5.74, 6) is -0.173. The fourth-order valence-corrected chi connectivity index (χ4v) is 7.27. The second kappa shape index (κ2) is 10.6. The van der Waals surface area contributed by atoms with Crippen LogP contribution >= 0.6 is 15.5 Å². The lowest BCUT2D eigenvalue weighted by Gasteiger charge is -2.38. The van der Waals surface area contributed by atoms with Gasteiger partial charge in [-0.3, -0.25) is 14.1 Å². The van der Waals surface area contributed by atoms with Gasteiger partial charge in [0.15, 0.2) is 0 Å². The standard InChI is InChI=1S/C24H25NO10P2/c1-16(2)32-23(26)33-21-11-10-19(18-8-4-3-5-9-18)13-20(21)22-34-36(28,29)24(27,37(30,31)35-22)14-17-7-6-12-25-15-17/h3-13,15-16,22,27-29H,14H2,1-2H3/p+1. The molecule has 4 rings (SSSR count). The number of pyridine rings is 1. The molecule has 13 heteroatoms. The Labute approximate surface area is 213 Å². The smallest absolute Gasteiger partial charge is 0.431 e. The zero-order chi connectivity index (χ0) is 26.8. The Hall–Kier alpha value is -2.72. The number of nitrogens with zero attached hydrogens (tertiary/aromatic N) is 1. The Morgan fingerprint density at radius 3 is 2.49 bits per heavy atom. The Bertz CT molecular complexity index is 1310. The highest BCUT2D eigenvalue weighted by Crippen LogP contribution is 2.83. The summed E-state index contributed by atoms with van der Waals surface area (Å²) in [6.45, 7) is 3.24. The summed E-state index contributed by atoms with van der Waals surface area (Å²) in [6.07, 6.45) is -1.39. The number of aliphatic hydroxyl groups is 1. The monoisotopic (exact) mass is 550 g/mol. The molecule has 0 radical (unpaired) electrons. The zero-order valence-corrected chi connectivity index (χ0v) is 21.7. The van der Waals surface area contributed by atoms with Crippen molar-refractivity contribution in [1.29, 1.82) is 0 Å². The molecule has 37 heavy (non-hydrogen) atoms. The maximum Gasteiger partial charge on any atom is 0.514 e. The highest BCUT2D eigenvalue weighted by Gasteiger charge is 2.77. The van der Waals surface area contributed by atoms with Crippen LogP contribution in [0.3, 0.4) is 0 Å². The molecule has 3 aromatic rings. The molecule has 11 nitrogen and oxygen atoms in total. The summed E-state index contributed by atoms with van der Waals surface area (Å²) in [5, 5.41) is 7.98. The summed E-state index contributed by atoms with van der Waals surface area (Å²) in [4.78, 5) is 48.5. The molecule has 2 aromatic carbocycles. The molecular formula is C24H26NO10P2+. The SMILES string of the molecule is CC(C)OC(=O)Oc1ccc(-c2ccccc2)cc1C1OP(=O)(O)C(O)(Cc2cccnc2)[P+](O)(O)O1. The van der Waals surface area contributed by atoms with Gasteiger partial charge in [0.2, 0.25) is 6.29 Å². The van der Waals surface area contributed by atoms with Crippen LogP contribution in [0.2, 0.25) is 0 Å². The van der Waals surface area contributed by atoms with Gasteiger partial charge in [0, 0.05) is 12.4 Å². The van der Waals surface area contributed by atoms with Crippen LogP contribution in [0.15, 0.2) is 73.1 Å². The van der Waals surface area contributed by atoms with Crippen molar-refractivity contribution < 1.29 is 47.7 Å². The van der Waals surface area contributed by atoms with Crippen LogP contribution in [-0.2, 0) is 24.8 Å². The lowest BCUT2D eigenvalue weighted by molar-refractivity contribution is -0.0691. The minimum Gasteiger partial charge on any atom is -0.431 e. The molecule has 1 aliphatic heterocycles. The zero-order valence-electron chi connectivity index (χ0n) is 19.9. The maximum absolute atomic E-state index is 13.3. The van der Waals surface area contributed by atoms with Crippen molar-refractivity contribution in [2.45, 2.75) is 37.7 Å². The van der Waals surface area contributed by atoms with Crippen molar-refractivity contribution in [2.24, 2.45) is 0 Å². The summed E-state index contributed by atoms with van der Waals surface area (Å²) in [6, 6.07) is 16.5. The van der Waals surface area contributed by atoms with Crippen LogP contribution in [-0.4, -0.2) is 42.1 Å². The van der Waals surface area contributed by atoms with E-state index in [1.54, 1.807) is 44.2 Å². The van der Waals surface area contributed by atoms with E-state index < -0.39 is 45.6 Å². The van der Waals surface area contributed by atoms with Crippen LogP contribution in [0, 0.1) is 0 Å². The molecule has 0 saturated carbocycles. The lowest BCUT2D eigenvalue weighted by atomic mass is 10.0. The molecule has 1 fully saturated rings.